The SMILES string of the molecule is O=C(COC(=O)c1cccc(F)c1)c1ccc2ccccc2c1. The summed E-state index contributed by atoms with van der Waals surface area (Å²) in [7, 11) is 0. The molecule has 114 valence electrons. The van der Waals surface area contributed by atoms with E-state index in [1.54, 1.807) is 12.1 Å². The van der Waals surface area contributed by atoms with Gasteiger partial charge < -0.3 is 4.74 Å². The van der Waals surface area contributed by atoms with Crippen LogP contribution in [0.5, 0.6) is 0 Å². The summed E-state index contributed by atoms with van der Waals surface area (Å²) in [4.78, 5) is 23.9. The summed E-state index contributed by atoms with van der Waals surface area (Å²) in [5.74, 6) is -1.56. The van der Waals surface area contributed by atoms with Crippen molar-refractivity contribution in [2.75, 3.05) is 6.61 Å². The number of fused-ring (bicyclic) bond motifs is 1. The Morgan fingerprint density at radius 3 is 2.39 bits per heavy atom. The first-order chi connectivity index (χ1) is 11.1. The smallest absolute Gasteiger partial charge is 0.338 e. The van der Waals surface area contributed by atoms with Crippen LogP contribution in [0, 0.1) is 5.82 Å². The second kappa shape index (κ2) is 6.40. The van der Waals surface area contributed by atoms with Gasteiger partial charge in [0.05, 0.1) is 5.56 Å². The Morgan fingerprint density at radius 2 is 1.61 bits per heavy atom. The molecule has 0 aliphatic carbocycles. The highest BCUT2D eigenvalue weighted by Crippen LogP contribution is 2.16. The highest BCUT2D eigenvalue weighted by atomic mass is 19.1. The van der Waals surface area contributed by atoms with E-state index in [0.29, 0.717) is 5.56 Å². The number of ketones is 1. The lowest BCUT2D eigenvalue weighted by molar-refractivity contribution is 0.0474. The maximum Gasteiger partial charge on any atom is 0.338 e. The lowest BCUT2D eigenvalue weighted by atomic mass is 10.0. The van der Waals surface area contributed by atoms with Crippen LogP contribution in [0.2, 0.25) is 0 Å². The minimum Gasteiger partial charge on any atom is -0.454 e. The van der Waals surface area contributed by atoms with Gasteiger partial charge in [-0.2, -0.15) is 0 Å². The van der Waals surface area contributed by atoms with Crippen LogP contribution in [0.15, 0.2) is 66.7 Å². The van der Waals surface area contributed by atoms with E-state index in [-0.39, 0.29) is 18.0 Å². The molecule has 3 nitrogen and oxygen atoms in total. The third-order valence-electron chi connectivity index (χ3n) is 3.47. The molecule has 0 radical (unpaired) electrons. The van der Waals surface area contributed by atoms with E-state index in [9.17, 15) is 14.0 Å². The molecule has 0 saturated heterocycles. The molecule has 0 aliphatic heterocycles. The first-order valence-corrected chi connectivity index (χ1v) is 7.08. The molecule has 0 spiro atoms. The molecule has 0 bridgehead atoms. The number of halogens is 1. The monoisotopic (exact) mass is 308 g/mol. The molecule has 3 aromatic carbocycles. The number of ether oxygens (including phenoxy) is 1. The van der Waals surface area contributed by atoms with E-state index in [0.717, 1.165) is 16.8 Å². The predicted molar refractivity (Wildman–Crippen MR) is 85.0 cm³/mol. The van der Waals surface area contributed by atoms with Crippen molar-refractivity contribution < 1.29 is 18.7 Å². The Hall–Kier alpha value is -3.01. The second-order valence-electron chi connectivity index (χ2n) is 5.07. The maximum atomic E-state index is 13.1. The molecule has 0 unspecified atom stereocenters. The molecule has 4 heteroatoms. The number of carbonyl (C=O) groups excluding carboxylic acids is 2. The summed E-state index contributed by atoms with van der Waals surface area (Å²) in [5.41, 5.74) is 0.548. The Morgan fingerprint density at radius 1 is 0.826 bits per heavy atom. The molecule has 0 N–H and O–H groups in total. The van der Waals surface area contributed by atoms with E-state index >= 15 is 0 Å². The largest absolute Gasteiger partial charge is 0.454 e. The van der Waals surface area contributed by atoms with Gasteiger partial charge in [-0.1, -0.05) is 42.5 Å². The third kappa shape index (κ3) is 3.43. The number of benzene rings is 3. The summed E-state index contributed by atoms with van der Waals surface area (Å²) in [5, 5.41) is 1.97. The van der Waals surface area contributed by atoms with Crippen LogP contribution in [-0.4, -0.2) is 18.4 Å². The summed E-state index contributed by atoms with van der Waals surface area (Å²) < 4.78 is 18.0. The van der Waals surface area contributed by atoms with Gasteiger partial charge in [-0.25, -0.2) is 9.18 Å². The van der Waals surface area contributed by atoms with Crippen LogP contribution in [0.3, 0.4) is 0 Å². The van der Waals surface area contributed by atoms with Gasteiger partial charge in [0.15, 0.2) is 12.4 Å². The zero-order valence-corrected chi connectivity index (χ0v) is 12.2. The molecular formula is C19H13FO3. The van der Waals surface area contributed by atoms with E-state index in [2.05, 4.69) is 0 Å². The summed E-state index contributed by atoms with van der Waals surface area (Å²) >= 11 is 0. The van der Waals surface area contributed by atoms with Gasteiger partial charge in [0.2, 0.25) is 0 Å². The highest BCUT2D eigenvalue weighted by Gasteiger charge is 2.12. The van der Waals surface area contributed by atoms with Gasteiger partial charge in [0.1, 0.15) is 5.82 Å². The number of rotatable bonds is 4. The van der Waals surface area contributed by atoms with Crippen molar-refractivity contribution in [3.8, 4) is 0 Å². The average Bonchev–Trinajstić information content (AvgIpc) is 2.59. The van der Waals surface area contributed by atoms with Crippen LogP contribution >= 0.6 is 0 Å². The Kier molecular flexibility index (Phi) is 4.15. The molecule has 0 saturated carbocycles. The minimum absolute atomic E-state index is 0.0799. The van der Waals surface area contributed by atoms with Crippen molar-refractivity contribution in [1.82, 2.24) is 0 Å². The number of carbonyl (C=O) groups is 2. The van der Waals surface area contributed by atoms with Crippen LogP contribution in [-0.2, 0) is 4.74 Å². The van der Waals surface area contributed by atoms with Crippen molar-refractivity contribution >= 4 is 22.5 Å². The van der Waals surface area contributed by atoms with Crippen molar-refractivity contribution in [3.63, 3.8) is 0 Å². The summed E-state index contributed by atoms with van der Waals surface area (Å²) in [6.45, 7) is -0.381. The fraction of sp³-hybridized carbons (Fsp3) is 0.0526. The van der Waals surface area contributed by atoms with Crippen LogP contribution in [0.1, 0.15) is 20.7 Å². The summed E-state index contributed by atoms with van der Waals surface area (Å²) in [6.07, 6.45) is 0. The fourth-order valence-electron chi connectivity index (χ4n) is 2.28. The van der Waals surface area contributed by atoms with E-state index in [1.807, 2.05) is 30.3 Å². The quantitative estimate of drug-likeness (QED) is 0.540. The second-order valence-corrected chi connectivity index (χ2v) is 5.07. The van der Waals surface area contributed by atoms with Crippen LogP contribution in [0.25, 0.3) is 10.8 Å². The lowest BCUT2D eigenvalue weighted by Gasteiger charge is -2.05. The Bertz CT molecular complexity index is 886. The third-order valence-corrected chi connectivity index (χ3v) is 3.47. The zero-order chi connectivity index (χ0) is 16.2. The first kappa shape index (κ1) is 14.9. The van der Waals surface area contributed by atoms with E-state index < -0.39 is 11.8 Å². The number of esters is 1. The van der Waals surface area contributed by atoms with Gasteiger partial charge in [0.25, 0.3) is 0 Å². The van der Waals surface area contributed by atoms with Crippen LogP contribution < -0.4 is 0 Å². The topological polar surface area (TPSA) is 43.4 Å². The molecule has 23 heavy (non-hydrogen) atoms. The molecule has 0 aromatic heterocycles. The molecule has 0 fully saturated rings. The lowest BCUT2D eigenvalue weighted by Crippen LogP contribution is -2.14. The Labute approximate surface area is 132 Å². The predicted octanol–water partition coefficient (Wildman–Crippen LogP) is 4.02. The van der Waals surface area contributed by atoms with E-state index in [4.69, 9.17) is 4.74 Å². The normalized spacial score (nSPS) is 10.5. The molecular weight excluding hydrogens is 295 g/mol. The van der Waals surface area contributed by atoms with Crippen molar-refractivity contribution in [1.29, 1.82) is 0 Å². The summed E-state index contributed by atoms with van der Waals surface area (Å²) in [6, 6.07) is 18.1. The fourth-order valence-corrected chi connectivity index (χ4v) is 2.28. The number of hydrogen-bond donors (Lipinski definition) is 0. The Balaban J connectivity index is 1.69. The number of Topliss-reactive ketones (excluding diaryl/α,β-unsaturated/α-hetero) is 1. The minimum atomic E-state index is -0.723. The standard InChI is InChI=1S/C19H13FO3/c20-17-7-3-6-16(11-17)19(22)23-12-18(21)15-9-8-13-4-1-2-5-14(13)10-15/h1-11H,12H2. The van der Waals surface area contributed by atoms with Crippen molar-refractivity contribution in [2.24, 2.45) is 0 Å². The maximum absolute atomic E-state index is 13.1. The van der Waals surface area contributed by atoms with E-state index in [1.165, 1.54) is 18.2 Å². The molecule has 0 aliphatic rings. The van der Waals surface area contributed by atoms with Gasteiger partial charge in [-0.15, -0.1) is 0 Å². The molecule has 3 aromatic rings. The zero-order valence-electron chi connectivity index (χ0n) is 12.2. The van der Waals surface area contributed by atoms with Crippen molar-refractivity contribution in [2.45, 2.75) is 0 Å². The highest BCUT2D eigenvalue weighted by molar-refractivity contribution is 6.02. The molecule has 0 heterocycles. The van der Waals surface area contributed by atoms with Crippen molar-refractivity contribution in [3.05, 3.63) is 83.7 Å². The average molecular weight is 308 g/mol. The van der Waals surface area contributed by atoms with Gasteiger partial charge in [0, 0.05) is 5.56 Å². The number of hydrogen-bond acceptors (Lipinski definition) is 3. The van der Waals surface area contributed by atoms with Gasteiger partial charge >= 0.3 is 5.97 Å². The van der Waals surface area contributed by atoms with Crippen LogP contribution in [0.4, 0.5) is 4.39 Å². The first-order valence-electron chi connectivity index (χ1n) is 7.08. The molecule has 3 rings (SSSR count). The molecule has 0 atom stereocenters. The van der Waals surface area contributed by atoms with Gasteiger partial charge in [-0.3, -0.25) is 4.79 Å². The van der Waals surface area contributed by atoms with Gasteiger partial charge in [-0.05, 0) is 35.0 Å². The molecule has 0 amide bonds.